The summed E-state index contributed by atoms with van der Waals surface area (Å²) in [5, 5.41) is 6.00. The third kappa shape index (κ3) is 4.29. The van der Waals surface area contributed by atoms with E-state index in [0.717, 1.165) is 30.1 Å². The molecule has 1 fully saturated rings. The van der Waals surface area contributed by atoms with Gasteiger partial charge < -0.3 is 20.3 Å². The highest BCUT2D eigenvalue weighted by molar-refractivity contribution is 7.13. The summed E-state index contributed by atoms with van der Waals surface area (Å²) in [7, 11) is 2.15. The fraction of sp³-hybridized carbons (Fsp3) is 0.478. The molecule has 1 aromatic carbocycles. The number of thiophene rings is 1. The third-order valence-corrected chi connectivity index (χ3v) is 7.06. The molecule has 1 saturated heterocycles. The van der Waals surface area contributed by atoms with Gasteiger partial charge in [0.25, 0.3) is 11.8 Å². The number of fused-ring (bicyclic) bond motifs is 1. The molecule has 0 saturated carbocycles. The number of nitrogens with one attached hydrogen (secondary N) is 2. The lowest BCUT2D eigenvalue weighted by Gasteiger charge is -2.27. The number of carbonyl (C=O) groups is 2. The molecule has 2 N–H and O–H groups in total. The van der Waals surface area contributed by atoms with E-state index in [1.54, 1.807) is 6.07 Å². The van der Waals surface area contributed by atoms with Crippen molar-refractivity contribution < 1.29 is 14.3 Å². The fourth-order valence-electron chi connectivity index (χ4n) is 4.31. The average molecular weight is 428 g/mol. The molecule has 30 heavy (non-hydrogen) atoms. The molecular weight excluding hydrogens is 398 g/mol. The molecule has 1 aromatic heterocycles. The van der Waals surface area contributed by atoms with Gasteiger partial charge in [0, 0.05) is 36.7 Å². The fourth-order valence-corrected chi connectivity index (χ4v) is 5.08. The lowest BCUT2D eigenvalue weighted by atomic mass is 9.94. The van der Waals surface area contributed by atoms with Crippen LogP contribution in [0.1, 0.15) is 44.9 Å². The molecule has 2 aromatic rings. The quantitative estimate of drug-likeness (QED) is 0.786. The Bertz CT molecular complexity index is 949. The Labute approximate surface area is 181 Å². The Morgan fingerprint density at radius 1 is 1.27 bits per heavy atom. The second kappa shape index (κ2) is 8.49. The van der Waals surface area contributed by atoms with E-state index in [9.17, 15) is 9.59 Å². The van der Waals surface area contributed by atoms with Gasteiger partial charge in [-0.25, -0.2) is 0 Å². The van der Waals surface area contributed by atoms with Crippen LogP contribution in [0.4, 0.5) is 5.69 Å². The highest BCUT2D eigenvalue weighted by Crippen LogP contribution is 2.29. The third-order valence-electron chi connectivity index (χ3n) is 6.06. The number of hydrogen-bond donors (Lipinski definition) is 2. The van der Waals surface area contributed by atoms with Crippen molar-refractivity contribution in [3.05, 3.63) is 51.2 Å². The molecule has 3 heterocycles. The van der Waals surface area contributed by atoms with E-state index in [1.165, 1.54) is 22.5 Å². The summed E-state index contributed by atoms with van der Waals surface area (Å²) in [5.74, 6) is -0.0535. The zero-order valence-corrected chi connectivity index (χ0v) is 18.6. The van der Waals surface area contributed by atoms with Gasteiger partial charge in [0.15, 0.2) is 0 Å². The summed E-state index contributed by atoms with van der Waals surface area (Å²) in [6.45, 7) is 6.85. The number of nitrogens with zero attached hydrogens (tertiary/aromatic N) is 1. The number of aryl methyl sites for hydroxylation is 1. The van der Waals surface area contributed by atoms with Crippen molar-refractivity contribution >= 4 is 28.8 Å². The van der Waals surface area contributed by atoms with Gasteiger partial charge in [0.2, 0.25) is 0 Å². The van der Waals surface area contributed by atoms with E-state index in [4.69, 9.17) is 4.74 Å². The SMILES string of the molecule is Cc1ccc(C(=O)N[C@@]2(C(=O)Nc3ccc4c(c3)[C@@H](C)CN(C)CC4)CCOC2)s1. The molecule has 160 valence electrons. The lowest BCUT2D eigenvalue weighted by molar-refractivity contribution is -0.122. The van der Waals surface area contributed by atoms with Crippen molar-refractivity contribution in [2.24, 2.45) is 0 Å². The van der Waals surface area contributed by atoms with E-state index < -0.39 is 5.54 Å². The van der Waals surface area contributed by atoms with Crippen LogP contribution in [0.15, 0.2) is 30.3 Å². The van der Waals surface area contributed by atoms with Gasteiger partial charge >= 0.3 is 0 Å². The molecule has 6 nitrogen and oxygen atoms in total. The summed E-state index contributed by atoms with van der Waals surface area (Å²) >= 11 is 1.42. The van der Waals surface area contributed by atoms with Gasteiger partial charge in [-0.3, -0.25) is 9.59 Å². The normalized spacial score (nSPS) is 24.2. The Morgan fingerprint density at radius 3 is 2.80 bits per heavy atom. The summed E-state index contributed by atoms with van der Waals surface area (Å²) in [5.41, 5.74) is 2.34. The Morgan fingerprint density at radius 2 is 2.10 bits per heavy atom. The van der Waals surface area contributed by atoms with Gasteiger partial charge in [-0.2, -0.15) is 0 Å². The monoisotopic (exact) mass is 427 g/mol. The van der Waals surface area contributed by atoms with Gasteiger partial charge in [-0.15, -0.1) is 11.3 Å². The lowest BCUT2D eigenvalue weighted by Crippen LogP contribution is -2.57. The van der Waals surface area contributed by atoms with Crippen LogP contribution >= 0.6 is 11.3 Å². The van der Waals surface area contributed by atoms with Crippen LogP contribution in [-0.4, -0.2) is 55.6 Å². The molecule has 2 aliphatic heterocycles. The predicted molar refractivity (Wildman–Crippen MR) is 119 cm³/mol. The van der Waals surface area contributed by atoms with Crippen LogP contribution < -0.4 is 10.6 Å². The van der Waals surface area contributed by atoms with Gasteiger partial charge in [0.1, 0.15) is 5.54 Å². The van der Waals surface area contributed by atoms with Crippen molar-refractivity contribution in [2.45, 2.75) is 38.1 Å². The minimum Gasteiger partial charge on any atom is -0.378 e. The van der Waals surface area contributed by atoms with Crippen LogP contribution in [0, 0.1) is 6.92 Å². The molecular formula is C23H29N3O3S. The first-order valence-electron chi connectivity index (χ1n) is 10.5. The van der Waals surface area contributed by atoms with E-state index in [1.807, 2.05) is 19.1 Å². The molecule has 0 aliphatic carbocycles. The summed E-state index contributed by atoms with van der Waals surface area (Å²) in [6, 6.07) is 9.87. The summed E-state index contributed by atoms with van der Waals surface area (Å²) < 4.78 is 5.52. The van der Waals surface area contributed by atoms with Crippen molar-refractivity contribution in [2.75, 3.05) is 38.7 Å². The number of rotatable bonds is 4. The first kappa shape index (κ1) is 21.0. The van der Waals surface area contributed by atoms with Crippen molar-refractivity contribution in [1.82, 2.24) is 10.2 Å². The summed E-state index contributed by atoms with van der Waals surface area (Å²) in [4.78, 5) is 30.0. The topological polar surface area (TPSA) is 70.7 Å². The van der Waals surface area contributed by atoms with E-state index >= 15 is 0 Å². The van der Waals surface area contributed by atoms with Crippen LogP contribution in [0.3, 0.4) is 0 Å². The molecule has 2 aliphatic rings. The van der Waals surface area contributed by atoms with E-state index in [-0.39, 0.29) is 18.4 Å². The first-order valence-corrected chi connectivity index (χ1v) is 11.3. The summed E-state index contributed by atoms with van der Waals surface area (Å²) in [6.07, 6.45) is 1.47. The zero-order chi connectivity index (χ0) is 21.3. The molecule has 0 unspecified atom stereocenters. The predicted octanol–water partition coefficient (Wildman–Crippen LogP) is 3.18. The Kier molecular flexibility index (Phi) is 5.95. The first-order chi connectivity index (χ1) is 14.4. The highest BCUT2D eigenvalue weighted by Gasteiger charge is 2.44. The number of hydrogen-bond acceptors (Lipinski definition) is 5. The molecule has 0 radical (unpaired) electrons. The largest absolute Gasteiger partial charge is 0.378 e. The van der Waals surface area contributed by atoms with Crippen LogP contribution in [0.5, 0.6) is 0 Å². The molecule has 2 atom stereocenters. The molecule has 0 bridgehead atoms. The molecule has 4 rings (SSSR count). The molecule has 2 amide bonds. The Hall–Kier alpha value is -2.22. The number of amides is 2. The highest BCUT2D eigenvalue weighted by atomic mass is 32.1. The number of ether oxygens (including phenoxy) is 1. The maximum atomic E-state index is 13.3. The minimum absolute atomic E-state index is 0.182. The van der Waals surface area contributed by atoms with Gasteiger partial charge in [0.05, 0.1) is 11.5 Å². The standard InChI is InChI=1S/C23H29N3O3S/c1-15-13-26(3)10-8-17-5-6-18(12-19(15)17)24-22(28)23(9-11-29-14-23)25-21(27)20-7-4-16(2)30-20/h4-7,12,15H,8-11,13-14H2,1-3H3,(H,24,28)(H,25,27)/t15-,23-/m0/s1. The Balaban J connectivity index is 1.52. The van der Waals surface area contributed by atoms with Crippen molar-refractivity contribution in [3.63, 3.8) is 0 Å². The van der Waals surface area contributed by atoms with Gasteiger partial charge in [-0.1, -0.05) is 13.0 Å². The van der Waals surface area contributed by atoms with E-state index in [0.29, 0.717) is 23.8 Å². The van der Waals surface area contributed by atoms with Crippen LogP contribution in [0.2, 0.25) is 0 Å². The zero-order valence-electron chi connectivity index (χ0n) is 17.8. The smallest absolute Gasteiger partial charge is 0.262 e. The number of anilines is 1. The van der Waals surface area contributed by atoms with Gasteiger partial charge in [-0.05, 0) is 61.7 Å². The second-order valence-electron chi connectivity index (χ2n) is 8.53. The van der Waals surface area contributed by atoms with E-state index in [2.05, 4.69) is 41.6 Å². The van der Waals surface area contributed by atoms with Crippen molar-refractivity contribution in [1.29, 1.82) is 0 Å². The number of benzene rings is 1. The number of likely N-dealkylation sites (N-methyl/N-ethyl adjacent to an activating group) is 1. The van der Waals surface area contributed by atoms with Crippen molar-refractivity contribution in [3.8, 4) is 0 Å². The molecule has 7 heteroatoms. The minimum atomic E-state index is -1.05. The molecule has 0 spiro atoms. The van der Waals surface area contributed by atoms with Crippen LogP contribution in [-0.2, 0) is 16.0 Å². The maximum absolute atomic E-state index is 13.3. The maximum Gasteiger partial charge on any atom is 0.262 e. The number of carbonyl (C=O) groups excluding carboxylic acids is 2. The van der Waals surface area contributed by atoms with Crippen LogP contribution in [0.25, 0.3) is 0 Å². The average Bonchev–Trinajstić information content (AvgIpc) is 3.33. The second-order valence-corrected chi connectivity index (χ2v) is 9.82.